The number of hydrogen-bond donors (Lipinski definition) is 0. The second-order valence-corrected chi connectivity index (χ2v) is 8.23. The Labute approximate surface area is 199 Å². The lowest BCUT2D eigenvalue weighted by Gasteiger charge is -2.36. The smallest absolute Gasteiger partial charge is 0.153 e. The summed E-state index contributed by atoms with van der Waals surface area (Å²) in [7, 11) is 0. The van der Waals surface area contributed by atoms with Crippen molar-refractivity contribution in [3.63, 3.8) is 0 Å². The van der Waals surface area contributed by atoms with Gasteiger partial charge in [0, 0.05) is 5.41 Å². The molecule has 1 heterocycles. The predicted molar refractivity (Wildman–Crippen MR) is 133 cm³/mol. The molecule has 0 N–H and O–H groups in total. The van der Waals surface area contributed by atoms with Gasteiger partial charge in [0.15, 0.2) is 5.82 Å². The lowest BCUT2D eigenvalue weighted by molar-refractivity contribution is 0.286. The molecule has 5 heteroatoms. The highest BCUT2D eigenvalue weighted by molar-refractivity contribution is 5.50. The number of ether oxygens (including phenoxy) is 1. The lowest BCUT2D eigenvalue weighted by atomic mass is 9.67. The lowest BCUT2D eigenvalue weighted by Crippen LogP contribution is -2.31. The predicted octanol–water partition coefficient (Wildman–Crippen LogP) is 5.77. The third-order valence-corrected chi connectivity index (χ3v) is 6.25. The monoisotopic (exact) mass is 446 g/mol. The first-order valence-electron chi connectivity index (χ1n) is 11.4. The van der Waals surface area contributed by atoms with Crippen LogP contribution < -0.4 is 4.74 Å². The van der Waals surface area contributed by atoms with Crippen LogP contribution in [0.4, 0.5) is 0 Å². The summed E-state index contributed by atoms with van der Waals surface area (Å²) in [6.07, 6.45) is 0.791. The highest BCUT2D eigenvalue weighted by Gasteiger charge is 2.36. The number of aromatic nitrogens is 4. The van der Waals surface area contributed by atoms with Crippen molar-refractivity contribution in [2.24, 2.45) is 0 Å². The minimum Gasteiger partial charge on any atom is -0.494 e. The molecule has 168 valence electrons. The van der Waals surface area contributed by atoms with Gasteiger partial charge in [-0.1, -0.05) is 91.0 Å². The molecular weight excluding hydrogens is 420 g/mol. The Balaban J connectivity index is 1.45. The number of rotatable bonds is 8. The molecule has 0 unspecified atom stereocenters. The summed E-state index contributed by atoms with van der Waals surface area (Å²) in [6, 6.07) is 40.0. The van der Waals surface area contributed by atoms with Crippen molar-refractivity contribution in [2.45, 2.75) is 18.8 Å². The highest BCUT2D eigenvalue weighted by atomic mass is 16.5. The minimum atomic E-state index is -0.326. The maximum Gasteiger partial charge on any atom is 0.153 e. The molecule has 5 nitrogen and oxygen atoms in total. The number of hydrogen-bond acceptors (Lipinski definition) is 4. The maximum atomic E-state index is 6.27. The molecule has 5 rings (SSSR count). The van der Waals surface area contributed by atoms with Gasteiger partial charge in [-0.05, 0) is 64.7 Å². The van der Waals surface area contributed by atoms with E-state index in [1.54, 1.807) is 4.68 Å². The van der Waals surface area contributed by atoms with Crippen molar-refractivity contribution in [3.8, 4) is 11.4 Å². The maximum absolute atomic E-state index is 6.27. The average Bonchev–Trinajstić information content (AvgIpc) is 3.34. The van der Waals surface area contributed by atoms with E-state index in [2.05, 4.69) is 107 Å². The molecule has 0 aliphatic rings. The van der Waals surface area contributed by atoms with E-state index in [4.69, 9.17) is 4.74 Å². The van der Waals surface area contributed by atoms with Gasteiger partial charge in [-0.15, -0.1) is 5.10 Å². The zero-order valence-corrected chi connectivity index (χ0v) is 19.1. The Kier molecular flexibility index (Phi) is 6.17. The molecule has 5 aromatic rings. The fourth-order valence-electron chi connectivity index (χ4n) is 4.58. The Morgan fingerprint density at radius 1 is 0.676 bits per heavy atom. The summed E-state index contributed by atoms with van der Waals surface area (Å²) in [4.78, 5) is 0. The SMILES string of the molecule is Cc1nnnn1-c1ccc(OCCC(c2ccccc2)(c2ccccc2)c2ccccc2)cc1. The van der Waals surface area contributed by atoms with Gasteiger partial charge in [-0.3, -0.25) is 0 Å². The summed E-state index contributed by atoms with van der Waals surface area (Å²) in [5.74, 6) is 1.56. The van der Waals surface area contributed by atoms with Gasteiger partial charge >= 0.3 is 0 Å². The topological polar surface area (TPSA) is 52.8 Å². The quantitative estimate of drug-likeness (QED) is 0.284. The van der Waals surface area contributed by atoms with Crippen molar-refractivity contribution < 1.29 is 4.74 Å². The first-order valence-corrected chi connectivity index (χ1v) is 11.4. The average molecular weight is 447 g/mol. The Morgan fingerprint density at radius 3 is 1.62 bits per heavy atom. The van der Waals surface area contributed by atoms with E-state index < -0.39 is 0 Å². The largest absolute Gasteiger partial charge is 0.494 e. The van der Waals surface area contributed by atoms with Crippen LogP contribution in [0.1, 0.15) is 28.9 Å². The van der Waals surface area contributed by atoms with E-state index in [0.717, 1.165) is 23.7 Å². The van der Waals surface area contributed by atoms with E-state index >= 15 is 0 Å². The molecule has 0 radical (unpaired) electrons. The molecule has 4 aromatic carbocycles. The fourth-order valence-corrected chi connectivity index (χ4v) is 4.58. The van der Waals surface area contributed by atoms with Crippen LogP contribution in [-0.4, -0.2) is 26.8 Å². The van der Waals surface area contributed by atoms with Crippen molar-refractivity contribution in [1.29, 1.82) is 0 Å². The van der Waals surface area contributed by atoms with Gasteiger partial charge < -0.3 is 4.74 Å². The molecule has 0 bridgehead atoms. The van der Waals surface area contributed by atoms with E-state index in [0.29, 0.717) is 6.61 Å². The molecule has 34 heavy (non-hydrogen) atoms. The van der Waals surface area contributed by atoms with Gasteiger partial charge in [0.05, 0.1) is 12.3 Å². The summed E-state index contributed by atoms with van der Waals surface area (Å²) < 4.78 is 7.97. The summed E-state index contributed by atoms with van der Waals surface area (Å²) >= 11 is 0. The second kappa shape index (κ2) is 9.71. The van der Waals surface area contributed by atoms with E-state index in [1.807, 2.05) is 31.2 Å². The van der Waals surface area contributed by atoms with Crippen LogP contribution in [0, 0.1) is 6.92 Å². The first kappa shape index (κ1) is 21.6. The normalized spacial score (nSPS) is 11.3. The third-order valence-electron chi connectivity index (χ3n) is 6.25. The van der Waals surface area contributed by atoms with Gasteiger partial charge in [-0.2, -0.15) is 4.68 Å². The van der Waals surface area contributed by atoms with Crippen molar-refractivity contribution >= 4 is 0 Å². The number of tetrazole rings is 1. The molecule has 0 fully saturated rings. The van der Waals surface area contributed by atoms with Gasteiger partial charge in [0.25, 0.3) is 0 Å². The molecule has 0 spiro atoms. The fraction of sp³-hybridized carbons (Fsp3) is 0.138. The van der Waals surface area contributed by atoms with Crippen LogP contribution in [0.5, 0.6) is 5.75 Å². The zero-order chi connectivity index (χ0) is 23.2. The summed E-state index contributed by atoms with van der Waals surface area (Å²) in [6.45, 7) is 2.43. The number of aryl methyl sites for hydroxylation is 1. The van der Waals surface area contributed by atoms with Gasteiger partial charge in [-0.25, -0.2) is 0 Å². The van der Waals surface area contributed by atoms with Crippen molar-refractivity contribution in [3.05, 3.63) is 138 Å². The molecule has 0 aliphatic heterocycles. The Hall–Kier alpha value is -4.25. The Morgan fingerprint density at radius 2 is 1.18 bits per heavy atom. The van der Waals surface area contributed by atoms with Gasteiger partial charge in [0.2, 0.25) is 0 Å². The second-order valence-electron chi connectivity index (χ2n) is 8.23. The standard InChI is InChI=1S/C29H26N4O/c1-23-30-31-32-33(23)27-17-19-28(20-18-27)34-22-21-29(24-11-5-2-6-12-24,25-13-7-3-8-14-25)26-15-9-4-10-16-26/h2-20H,21-22H2,1H3. The van der Waals surface area contributed by atoms with E-state index in [9.17, 15) is 0 Å². The number of nitrogens with zero attached hydrogens (tertiary/aromatic N) is 4. The van der Waals surface area contributed by atoms with Crippen LogP contribution >= 0.6 is 0 Å². The van der Waals surface area contributed by atoms with Crippen molar-refractivity contribution in [2.75, 3.05) is 6.61 Å². The molecule has 0 amide bonds. The van der Waals surface area contributed by atoms with E-state index in [-0.39, 0.29) is 5.41 Å². The van der Waals surface area contributed by atoms with Crippen LogP contribution in [0.15, 0.2) is 115 Å². The van der Waals surface area contributed by atoms with Crippen LogP contribution in [0.3, 0.4) is 0 Å². The van der Waals surface area contributed by atoms with Gasteiger partial charge in [0.1, 0.15) is 5.75 Å². The molecule has 0 atom stereocenters. The van der Waals surface area contributed by atoms with Crippen molar-refractivity contribution in [1.82, 2.24) is 20.2 Å². The number of benzene rings is 4. The molecule has 0 saturated carbocycles. The molecular formula is C29H26N4O. The summed E-state index contributed by atoms with van der Waals surface area (Å²) in [5.41, 5.74) is 4.33. The molecule has 0 aliphatic carbocycles. The zero-order valence-electron chi connectivity index (χ0n) is 19.1. The minimum absolute atomic E-state index is 0.326. The third kappa shape index (κ3) is 4.20. The molecule has 1 aromatic heterocycles. The highest BCUT2D eigenvalue weighted by Crippen LogP contribution is 2.42. The Bertz CT molecular complexity index is 1220. The van der Waals surface area contributed by atoms with Crippen LogP contribution in [0.2, 0.25) is 0 Å². The van der Waals surface area contributed by atoms with Crippen LogP contribution in [0.25, 0.3) is 5.69 Å². The summed E-state index contributed by atoms with van der Waals surface area (Å²) in [5, 5.41) is 11.7. The first-order chi connectivity index (χ1) is 16.8. The molecule has 0 saturated heterocycles. The van der Waals surface area contributed by atoms with Crippen LogP contribution in [-0.2, 0) is 5.41 Å². The van der Waals surface area contributed by atoms with E-state index in [1.165, 1.54) is 16.7 Å².